The van der Waals surface area contributed by atoms with Crippen LogP contribution in [-0.2, 0) is 10.0 Å². The van der Waals surface area contributed by atoms with Crippen LogP contribution in [0.3, 0.4) is 0 Å². The van der Waals surface area contributed by atoms with Crippen LogP contribution in [0.5, 0.6) is 5.75 Å². The fraction of sp³-hybridized carbons (Fsp3) is 0.0833. The molecule has 3 aromatic carbocycles. The summed E-state index contributed by atoms with van der Waals surface area (Å²) in [5.74, 6) is -0.197. The summed E-state index contributed by atoms with van der Waals surface area (Å²) in [6.07, 6.45) is 0. The summed E-state index contributed by atoms with van der Waals surface area (Å²) < 4.78 is 36.4. The van der Waals surface area contributed by atoms with Crippen LogP contribution in [0.4, 0.5) is 5.69 Å². The molecule has 4 aromatic rings. The van der Waals surface area contributed by atoms with E-state index in [-0.39, 0.29) is 16.0 Å². The van der Waals surface area contributed by atoms with Gasteiger partial charge in [0.2, 0.25) is 5.55 Å². The first-order valence-electron chi connectivity index (χ1n) is 10.1. The summed E-state index contributed by atoms with van der Waals surface area (Å²) in [5, 5.41) is 7.67. The van der Waals surface area contributed by atoms with E-state index in [1.165, 1.54) is 25.3 Å². The lowest BCUT2D eigenvalue weighted by Crippen LogP contribution is -2.27. The van der Waals surface area contributed by atoms with E-state index in [9.17, 15) is 13.2 Å². The molecule has 0 atom stereocenters. The third-order valence-corrected chi connectivity index (χ3v) is 6.37. The summed E-state index contributed by atoms with van der Waals surface area (Å²) in [5.41, 5.74) is 1.46. The van der Waals surface area contributed by atoms with Gasteiger partial charge in [0.25, 0.3) is 15.9 Å². The normalized spacial score (nSPS) is 11.9. The Balaban J connectivity index is 1.77. The molecule has 0 saturated heterocycles. The molecule has 1 heterocycles. The highest BCUT2D eigenvalue weighted by Crippen LogP contribution is 2.28. The highest BCUT2D eigenvalue weighted by Gasteiger charge is 2.17. The molecule has 1 amide bonds. The third-order valence-electron chi connectivity index (χ3n) is 4.91. The molecule has 0 fully saturated rings. The molecule has 0 saturated carbocycles. The molecule has 2 N–H and O–H groups in total. The monoisotopic (exact) mass is 497 g/mol. The molecule has 174 valence electrons. The maximum Gasteiger partial charge on any atom is 0.276 e. The molecule has 34 heavy (non-hydrogen) atoms. The van der Waals surface area contributed by atoms with Crippen molar-refractivity contribution >= 4 is 44.2 Å². The predicted molar refractivity (Wildman–Crippen MR) is 129 cm³/mol. The molecule has 0 aliphatic rings. The van der Waals surface area contributed by atoms with Crippen molar-refractivity contribution in [3.8, 4) is 5.75 Å². The first-order valence-corrected chi connectivity index (χ1v) is 11.9. The lowest BCUT2D eigenvalue weighted by atomic mass is 10.1. The van der Waals surface area contributed by atoms with E-state index in [1.807, 2.05) is 6.92 Å². The Bertz CT molecular complexity index is 1550. The summed E-state index contributed by atoms with van der Waals surface area (Å²) in [6.45, 7) is 1.85. The number of ether oxygens (including phenoxy) is 1. The van der Waals surface area contributed by atoms with Crippen molar-refractivity contribution in [3.05, 3.63) is 94.5 Å². The second-order valence-corrected chi connectivity index (χ2v) is 9.42. The van der Waals surface area contributed by atoms with E-state index in [0.717, 1.165) is 5.56 Å². The molecular formula is C24H20ClN3O5S. The van der Waals surface area contributed by atoms with Crippen LogP contribution in [-0.4, -0.2) is 21.4 Å². The van der Waals surface area contributed by atoms with Gasteiger partial charge < -0.3 is 14.5 Å². The van der Waals surface area contributed by atoms with E-state index in [2.05, 4.69) is 15.2 Å². The Kier molecular flexibility index (Phi) is 6.58. The van der Waals surface area contributed by atoms with Gasteiger partial charge in [-0.15, -0.1) is 5.10 Å². The largest absolute Gasteiger partial charge is 0.495 e. The summed E-state index contributed by atoms with van der Waals surface area (Å²) in [7, 11) is -2.53. The van der Waals surface area contributed by atoms with Crippen molar-refractivity contribution in [1.82, 2.24) is 4.83 Å². The van der Waals surface area contributed by atoms with Crippen molar-refractivity contribution in [1.29, 1.82) is 0 Å². The third kappa shape index (κ3) is 5.05. The number of fused-ring (bicyclic) bond motifs is 1. The molecule has 0 aliphatic carbocycles. The number of hydrogen-bond donors (Lipinski definition) is 2. The smallest absolute Gasteiger partial charge is 0.276 e. The van der Waals surface area contributed by atoms with Crippen LogP contribution >= 0.6 is 11.6 Å². The zero-order valence-corrected chi connectivity index (χ0v) is 19.8. The van der Waals surface area contributed by atoms with E-state index in [0.29, 0.717) is 27.4 Å². The Hall–Kier alpha value is -3.82. The van der Waals surface area contributed by atoms with Crippen LogP contribution in [0.25, 0.3) is 11.0 Å². The fourth-order valence-electron chi connectivity index (χ4n) is 3.15. The van der Waals surface area contributed by atoms with Crippen LogP contribution in [0.15, 0.2) is 87.2 Å². The number of carbonyl (C=O) groups excluding carboxylic acids is 1. The van der Waals surface area contributed by atoms with Gasteiger partial charge in [0, 0.05) is 10.4 Å². The molecular weight excluding hydrogens is 478 g/mol. The standard InChI is InChI=1S/C24H20ClN3O5S/c1-15-7-10-18(11-8-15)34(30,31)28-27-24-19(13-16-5-3-4-6-21(16)33-24)23(29)26-20-14-17(25)9-12-22(20)32-2/h3-14,28H,1-2H3,(H,26,29)/b27-24+. The number of benzene rings is 3. The van der Waals surface area contributed by atoms with E-state index in [1.54, 1.807) is 54.6 Å². The van der Waals surface area contributed by atoms with Gasteiger partial charge >= 0.3 is 0 Å². The van der Waals surface area contributed by atoms with Crippen molar-refractivity contribution in [3.63, 3.8) is 0 Å². The molecule has 8 nitrogen and oxygen atoms in total. The average molecular weight is 498 g/mol. The minimum atomic E-state index is -3.99. The molecule has 0 bridgehead atoms. The molecule has 4 rings (SSSR count). The summed E-state index contributed by atoms with van der Waals surface area (Å²) in [6, 6.07) is 19.6. The summed E-state index contributed by atoms with van der Waals surface area (Å²) >= 11 is 6.06. The van der Waals surface area contributed by atoms with Crippen LogP contribution in [0.2, 0.25) is 5.02 Å². The van der Waals surface area contributed by atoms with Gasteiger partial charge in [-0.05, 0) is 49.4 Å². The van der Waals surface area contributed by atoms with Crippen molar-refractivity contribution < 1.29 is 22.4 Å². The van der Waals surface area contributed by atoms with Gasteiger partial charge in [0.1, 0.15) is 16.9 Å². The van der Waals surface area contributed by atoms with Crippen LogP contribution in [0, 0.1) is 6.92 Å². The Morgan fingerprint density at radius 1 is 1.03 bits per heavy atom. The molecule has 0 unspecified atom stereocenters. The average Bonchev–Trinajstić information content (AvgIpc) is 2.82. The first kappa shape index (κ1) is 23.3. The van der Waals surface area contributed by atoms with Gasteiger partial charge in [-0.3, -0.25) is 4.79 Å². The van der Waals surface area contributed by atoms with Crippen molar-refractivity contribution in [2.75, 3.05) is 12.4 Å². The number of halogens is 1. The van der Waals surface area contributed by atoms with Gasteiger partial charge in [0.05, 0.1) is 17.7 Å². The Morgan fingerprint density at radius 3 is 2.50 bits per heavy atom. The van der Waals surface area contributed by atoms with E-state index >= 15 is 0 Å². The SMILES string of the molecule is COc1ccc(Cl)cc1NC(=O)c1cc2ccccc2o/c1=N/NS(=O)(=O)c1ccc(C)cc1. The van der Waals surface area contributed by atoms with Crippen LogP contribution in [0.1, 0.15) is 15.9 Å². The molecule has 0 spiro atoms. The number of hydrogen-bond acceptors (Lipinski definition) is 6. The maximum absolute atomic E-state index is 13.2. The lowest BCUT2D eigenvalue weighted by molar-refractivity contribution is 0.102. The number of rotatable bonds is 6. The molecule has 0 radical (unpaired) electrons. The predicted octanol–water partition coefficient (Wildman–Crippen LogP) is 4.45. The van der Waals surface area contributed by atoms with Gasteiger partial charge in [-0.1, -0.05) is 47.5 Å². The first-order chi connectivity index (χ1) is 16.3. The maximum atomic E-state index is 13.2. The minimum Gasteiger partial charge on any atom is -0.495 e. The molecule has 0 aliphatic heterocycles. The van der Waals surface area contributed by atoms with E-state index in [4.69, 9.17) is 20.8 Å². The zero-order valence-electron chi connectivity index (χ0n) is 18.2. The second-order valence-electron chi connectivity index (χ2n) is 7.32. The number of nitrogens with zero attached hydrogens (tertiary/aromatic N) is 1. The van der Waals surface area contributed by atoms with E-state index < -0.39 is 15.9 Å². The minimum absolute atomic E-state index is 0.00679. The zero-order chi connectivity index (χ0) is 24.3. The number of aryl methyl sites for hydroxylation is 1. The van der Waals surface area contributed by atoms with Gasteiger partial charge in [0.15, 0.2) is 0 Å². The Labute approximate surface area is 200 Å². The summed E-state index contributed by atoms with van der Waals surface area (Å²) in [4.78, 5) is 15.4. The topological polar surface area (TPSA) is 110 Å². The van der Waals surface area contributed by atoms with Crippen molar-refractivity contribution in [2.24, 2.45) is 5.10 Å². The number of carbonyl (C=O) groups is 1. The Morgan fingerprint density at radius 2 is 1.76 bits per heavy atom. The number of nitrogens with one attached hydrogen (secondary N) is 2. The highest BCUT2D eigenvalue weighted by atomic mass is 35.5. The van der Waals surface area contributed by atoms with Crippen LogP contribution < -0.4 is 20.4 Å². The van der Waals surface area contributed by atoms with Gasteiger partial charge in [-0.2, -0.15) is 13.2 Å². The molecule has 10 heteroatoms. The molecule has 1 aromatic heterocycles. The number of para-hydroxylation sites is 1. The number of methoxy groups -OCH3 is 1. The quantitative estimate of drug-likeness (QED) is 0.382. The second kappa shape index (κ2) is 9.58. The number of amides is 1. The van der Waals surface area contributed by atoms with Crippen molar-refractivity contribution in [2.45, 2.75) is 11.8 Å². The number of anilines is 1. The van der Waals surface area contributed by atoms with Gasteiger partial charge in [-0.25, -0.2) is 0 Å². The highest BCUT2D eigenvalue weighted by molar-refractivity contribution is 7.89. The number of sulfonamides is 1. The lowest BCUT2D eigenvalue weighted by Gasteiger charge is -2.11. The fourth-order valence-corrected chi connectivity index (χ4v) is 4.13.